The predicted octanol–water partition coefficient (Wildman–Crippen LogP) is 2.52. The molecule has 0 bridgehead atoms. The van der Waals surface area contributed by atoms with E-state index >= 15 is 0 Å². The van der Waals surface area contributed by atoms with E-state index in [0.717, 1.165) is 25.9 Å². The minimum Gasteiger partial charge on any atom is -0.329 e. The maximum absolute atomic E-state index is 9.00. The molecule has 3 nitrogen and oxygen atoms in total. The molecule has 0 radical (unpaired) electrons. The maximum atomic E-state index is 9.00. The molecule has 3 heteroatoms. The smallest absolute Gasteiger partial charge is 0.0683 e. The highest BCUT2D eigenvalue weighted by Gasteiger charge is 2.27. The van der Waals surface area contributed by atoms with Crippen molar-refractivity contribution in [3.8, 4) is 6.07 Å². The van der Waals surface area contributed by atoms with Gasteiger partial charge in [0.05, 0.1) is 11.5 Å². The normalized spacial score (nSPS) is 26.8. The third-order valence-corrected chi connectivity index (χ3v) is 3.99. The van der Waals surface area contributed by atoms with Crippen LogP contribution in [0.5, 0.6) is 0 Å². The van der Waals surface area contributed by atoms with Crippen LogP contribution in [0.25, 0.3) is 0 Å². The van der Waals surface area contributed by atoms with Gasteiger partial charge >= 0.3 is 0 Å². The van der Waals surface area contributed by atoms with E-state index in [1.54, 1.807) is 0 Å². The highest BCUT2D eigenvalue weighted by Crippen LogP contribution is 2.25. The van der Waals surface area contributed by atoms with Crippen LogP contribution in [-0.2, 0) is 0 Å². The van der Waals surface area contributed by atoms with Crippen molar-refractivity contribution in [3.05, 3.63) is 0 Å². The molecule has 2 unspecified atom stereocenters. The summed E-state index contributed by atoms with van der Waals surface area (Å²) in [5, 5.41) is 9.00. The zero-order valence-electron chi connectivity index (χ0n) is 11.6. The van der Waals surface area contributed by atoms with E-state index in [9.17, 15) is 0 Å². The fraction of sp³-hybridized carbons (Fsp3) is 0.929. The number of nitrogens with two attached hydrogens (primary N) is 1. The minimum atomic E-state index is -0.183. The van der Waals surface area contributed by atoms with Crippen LogP contribution in [-0.4, -0.2) is 30.1 Å². The molecule has 1 saturated heterocycles. The van der Waals surface area contributed by atoms with E-state index in [1.807, 2.05) is 13.8 Å². The molecule has 0 saturated carbocycles. The first-order chi connectivity index (χ1) is 8.00. The summed E-state index contributed by atoms with van der Waals surface area (Å²) in [5.41, 5.74) is 5.66. The van der Waals surface area contributed by atoms with E-state index in [-0.39, 0.29) is 5.41 Å². The third kappa shape index (κ3) is 4.29. The summed E-state index contributed by atoms with van der Waals surface area (Å²) >= 11 is 0. The van der Waals surface area contributed by atoms with E-state index in [0.29, 0.717) is 12.1 Å². The molecule has 0 aromatic heterocycles. The lowest BCUT2D eigenvalue weighted by atomic mass is 9.89. The number of nitriles is 1. The van der Waals surface area contributed by atoms with Gasteiger partial charge in [-0.25, -0.2) is 0 Å². The summed E-state index contributed by atoms with van der Waals surface area (Å²) in [6, 6.07) is 3.59. The van der Waals surface area contributed by atoms with Gasteiger partial charge in [-0.05, 0) is 53.0 Å². The molecule has 2 atom stereocenters. The van der Waals surface area contributed by atoms with Gasteiger partial charge in [-0.1, -0.05) is 6.42 Å². The van der Waals surface area contributed by atoms with E-state index < -0.39 is 0 Å². The predicted molar refractivity (Wildman–Crippen MR) is 71.5 cm³/mol. The van der Waals surface area contributed by atoms with Crippen LogP contribution in [0.2, 0.25) is 0 Å². The topological polar surface area (TPSA) is 53.0 Å². The van der Waals surface area contributed by atoms with Crippen molar-refractivity contribution in [2.75, 3.05) is 13.1 Å². The maximum Gasteiger partial charge on any atom is 0.0683 e. The van der Waals surface area contributed by atoms with Gasteiger partial charge in [0.1, 0.15) is 0 Å². The zero-order chi connectivity index (χ0) is 12.9. The summed E-state index contributed by atoms with van der Waals surface area (Å²) in [5.74, 6) is 0. The average Bonchev–Trinajstić information content (AvgIpc) is 2.31. The number of piperidine rings is 1. The highest BCUT2D eigenvalue weighted by molar-refractivity contribution is 4.92. The van der Waals surface area contributed by atoms with Crippen molar-refractivity contribution in [1.29, 1.82) is 5.26 Å². The fourth-order valence-corrected chi connectivity index (χ4v) is 2.76. The molecule has 17 heavy (non-hydrogen) atoms. The summed E-state index contributed by atoms with van der Waals surface area (Å²) in [6.45, 7) is 8.21. The Bertz CT molecular complexity index is 267. The molecule has 0 aromatic rings. The highest BCUT2D eigenvalue weighted by atomic mass is 15.2. The molecule has 1 fully saturated rings. The first-order valence-electron chi connectivity index (χ1n) is 6.87. The van der Waals surface area contributed by atoms with Gasteiger partial charge in [0.15, 0.2) is 0 Å². The Morgan fingerprint density at radius 3 is 2.71 bits per heavy atom. The first-order valence-corrected chi connectivity index (χ1v) is 6.87. The standard InChI is InChI=1S/C14H27N3/c1-12-6-4-7-13(10-15)17(12)9-5-8-14(2,3)11-16/h12-13H,4-10,15H2,1-3H3. The van der Waals surface area contributed by atoms with Crippen LogP contribution in [0.4, 0.5) is 0 Å². The van der Waals surface area contributed by atoms with E-state index in [4.69, 9.17) is 11.0 Å². The molecule has 98 valence electrons. The molecular weight excluding hydrogens is 210 g/mol. The summed E-state index contributed by atoms with van der Waals surface area (Å²) in [4.78, 5) is 2.55. The van der Waals surface area contributed by atoms with Crippen molar-refractivity contribution < 1.29 is 0 Å². The Morgan fingerprint density at radius 1 is 1.41 bits per heavy atom. The summed E-state index contributed by atoms with van der Waals surface area (Å²) in [7, 11) is 0. The van der Waals surface area contributed by atoms with Gasteiger partial charge in [0.25, 0.3) is 0 Å². The number of rotatable bonds is 5. The van der Waals surface area contributed by atoms with E-state index in [2.05, 4.69) is 17.9 Å². The van der Waals surface area contributed by atoms with Crippen LogP contribution in [0.1, 0.15) is 52.9 Å². The number of hydrogen-bond donors (Lipinski definition) is 1. The fourth-order valence-electron chi connectivity index (χ4n) is 2.76. The molecule has 0 spiro atoms. The van der Waals surface area contributed by atoms with Crippen LogP contribution >= 0.6 is 0 Å². The number of nitrogens with zero attached hydrogens (tertiary/aromatic N) is 2. The van der Waals surface area contributed by atoms with Crippen LogP contribution in [0.15, 0.2) is 0 Å². The molecule has 0 aromatic carbocycles. The Hall–Kier alpha value is -0.590. The molecule has 0 aliphatic carbocycles. The largest absolute Gasteiger partial charge is 0.329 e. The monoisotopic (exact) mass is 237 g/mol. The van der Waals surface area contributed by atoms with E-state index in [1.165, 1.54) is 19.3 Å². The van der Waals surface area contributed by atoms with Crippen molar-refractivity contribution in [2.24, 2.45) is 11.1 Å². The minimum absolute atomic E-state index is 0.183. The van der Waals surface area contributed by atoms with Crippen molar-refractivity contribution in [3.63, 3.8) is 0 Å². The number of likely N-dealkylation sites (tertiary alicyclic amines) is 1. The van der Waals surface area contributed by atoms with Gasteiger partial charge in [0.2, 0.25) is 0 Å². The van der Waals surface area contributed by atoms with Crippen molar-refractivity contribution in [1.82, 2.24) is 4.90 Å². The SMILES string of the molecule is CC1CCCC(CN)N1CCCC(C)(C)C#N. The van der Waals surface area contributed by atoms with Crippen molar-refractivity contribution in [2.45, 2.75) is 65.0 Å². The van der Waals surface area contributed by atoms with Crippen LogP contribution in [0.3, 0.4) is 0 Å². The zero-order valence-corrected chi connectivity index (χ0v) is 11.6. The lowest BCUT2D eigenvalue weighted by Gasteiger charge is -2.40. The van der Waals surface area contributed by atoms with Crippen molar-refractivity contribution >= 4 is 0 Å². The third-order valence-electron chi connectivity index (χ3n) is 3.99. The van der Waals surface area contributed by atoms with Gasteiger partial charge in [-0.2, -0.15) is 5.26 Å². The summed E-state index contributed by atoms with van der Waals surface area (Å²) in [6.07, 6.45) is 5.91. The molecule has 1 aliphatic heterocycles. The Morgan fingerprint density at radius 2 is 2.12 bits per heavy atom. The van der Waals surface area contributed by atoms with Gasteiger partial charge in [-0.3, -0.25) is 4.90 Å². The molecule has 0 amide bonds. The van der Waals surface area contributed by atoms with Gasteiger partial charge in [0, 0.05) is 18.6 Å². The molecular formula is C14H27N3. The molecule has 1 heterocycles. The second-order valence-electron chi connectivity index (χ2n) is 6.01. The first kappa shape index (κ1) is 14.5. The lowest BCUT2D eigenvalue weighted by molar-refractivity contribution is 0.0928. The lowest BCUT2D eigenvalue weighted by Crippen LogP contribution is -2.49. The quantitative estimate of drug-likeness (QED) is 0.799. The Balaban J connectivity index is 2.40. The second-order valence-corrected chi connectivity index (χ2v) is 6.01. The number of hydrogen-bond acceptors (Lipinski definition) is 3. The molecule has 1 rings (SSSR count). The van der Waals surface area contributed by atoms with Gasteiger partial charge < -0.3 is 5.73 Å². The van der Waals surface area contributed by atoms with Crippen LogP contribution < -0.4 is 5.73 Å². The van der Waals surface area contributed by atoms with Crippen LogP contribution in [0, 0.1) is 16.7 Å². The van der Waals surface area contributed by atoms with Gasteiger partial charge in [-0.15, -0.1) is 0 Å². The summed E-state index contributed by atoms with van der Waals surface area (Å²) < 4.78 is 0. The average molecular weight is 237 g/mol. The molecule has 2 N–H and O–H groups in total. The Kier molecular flexibility index (Phi) is 5.42. The molecule has 1 aliphatic rings. The second kappa shape index (κ2) is 6.37. The Labute approximate surface area is 106 Å².